The third-order valence-corrected chi connectivity index (χ3v) is 5.46. The van der Waals surface area contributed by atoms with E-state index >= 15 is 0 Å². The number of benzene rings is 1. The first-order valence-electron chi connectivity index (χ1n) is 10.1. The minimum absolute atomic E-state index is 0.0755. The van der Waals surface area contributed by atoms with E-state index in [9.17, 15) is 9.59 Å². The number of anilines is 2. The summed E-state index contributed by atoms with van der Waals surface area (Å²) < 4.78 is 0. The standard InChI is InChI=1S/C22H29N5O2/c1-17-7-6-8-19(18(17)2)24-21(28)15-25(3)16-22(29)27-13-11-26(12-14-27)20-9-4-5-10-23-20/h4-10H,11-16H2,1-3H3,(H,24,28)/p+2. The second-order valence-corrected chi connectivity index (χ2v) is 7.72. The van der Waals surface area contributed by atoms with E-state index in [0.717, 1.165) is 40.6 Å². The summed E-state index contributed by atoms with van der Waals surface area (Å²) >= 11 is 0. The van der Waals surface area contributed by atoms with Gasteiger partial charge >= 0.3 is 0 Å². The van der Waals surface area contributed by atoms with E-state index in [4.69, 9.17) is 0 Å². The quantitative estimate of drug-likeness (QED) is 0.716. The van der Waals surface area contributed by atoms with E-state index in [1.165, 1.54) is 0 Å². The molecule has 29 heavy (non-hydrogen) atoms. The number of pyridine rings is 1. The number of nitrogens with one attached hydrogen (secondary N) is 3. The van der Waals surface area contributed by atoms with Gasteiger partial charge in [0.15, 0.2) is 13.1 Å². The summed E-state index contributed by atoms with van der Waals surface area (Å²) in [5.41, 5.74) is 3.05. The lowest BCUT2D eigenvalue weighted by atomic mass is 10.1. The summed E-state index contributed by atoms with van der Waals surface area (Å²) in [6, 6.07) is 11.9. The fraction of sp³-hybridized carbons (Fsp3) is 0.409. The molecule has 0 saturated carbocycles. The van der Waals surface area contributed by atoms with E-state index in [1.54, 1.807) is 0 Å². The number of nitrogens with zero attached hydrogens (tertiary/aromatic N) is 2. The van der Waals surface area contributed by atoms with Crippen LogP contribution >= 0.6 is 0 Å². The first-order valence-corrected chi connectivity index (χ1v) is 10.1. The van der Waals surface area contributed by atoms with Crippen molar-refractivity contribution in [1.29, 1.82) is 0 Å². The van der Waals surface area contributed by atoms with Crippen LogP contribution in [0, 0.1) is 13.8 Å². The normalized spacial score (nSPS) is 15.1. The van der Waals surface area contributed by atoms with E-state index < -0.39 is 0 Å². The zero-order valence-corrected chi connectivity index (χ0v) is 17.5. The number of likely N-dealkylation sites (N-methyl/N-ethyl adjacent to an activating group) is 1. The highest BCUT2D eigenvalue weighted by atomic mass is 16.2. The lowest BCUT2D eigenvalue weighted by Crippen LogP contribution is -3.11. The monoisotopic (exact) mass is 397 g/mol. The summed E-state index contributed by atoms with van der Waals surface area (Å²) in [7, 11) is 1.88. The Labute approximate surface area is 172 Å². The third kappa shape index (κ3) is 5.54. The van der Waals surface area contributed by atoms with Gasteiger partial charge in [-0.3, -0.25) is 14.5 Å². The van der Waals surface area contributed by atoms with Gasteiger partial charge in [0.1, 0.15) is 13.1 Å². The van der Waals surface area contributed by atoms with Crippen molar-refractivity contribution in [3.8, 4) is 0 Å². The number of piperazine rings is 1. The molecule has 1 saturated heterocycles. The first kappa shape index (κ1) is 20.8. The molecule has 2 heterocycles. The highest BCUT2D eigenvalue weighted by Crippen LogP contribution is 2.17. The average Bonchev–Trinajstić information content (AvgIpc) is 2.72. The lowest BCUT2D eigenvalue weighted by molar-refractivity contribution is -0.862. The van der Waals surface area contributed by atoms with Crippen molar-refractivity contribution in [3.05, 3.63) is 53.7 Å². The zero-order chi connectivity index (χ0) is 20.8. The van der Waals surface area contributed by atoms with Gasteiger partial charge in [-0.2, -0.15) is 0 Å². The molecule has 2 aromatic rings. The number of amides is 2. The molecule has 1 aromatic carbocycles. The Morgan fingerprint density at radius 2 is 1.79 bits per heavy atom. The van der Waals surface area contributed by atoms with Gasteiger partial charge in [-0.25, -0.2) is 4.98 Å². The molecule has 1 aromatic heterocycles. The van der Waals surface area contributed by atoms with Crippen molar-refractivity contribution in [2.75, 3.05) is 56.5 Å². The summed E-state index contributed by atoms with van der Waals surface area (Å²) in [6.07, 6.45) is 1.91. The maximum atomic E-state index is 12.6. The van der Waals surface area contributed by atoms with Crippen LogP contribution in [0.5, 0.6) is 0 Å². The van der Waals surface area contributed by atoms with Crippen molar-refractivity contribution in [3.63, 3.8) is 0 Å². The number of aromatic nitrogens is 1. The average molecular weight is 398 g/mol. The van der Waals surface area contributed by atoms with Crippen LogP contribution in [-0.2, 0) is 9.59 Å². The van der Waals surface area contributed by atoms with Gasteiger partial charge in [0, 0.05) is 11.8 Å². The van der Waals surface area contributed by atoms with E-state index in [-0.39, 0.29) is 18.4 Å². The Balaban J connectivity index is 1.44. The number of hydrogen-bond acceptors (Lipinski definition) is 3. The Hall–Kier alpha value is -2.93. The van der Waals surface area contributed by atoms with Gasteiger partial charge in [-0.1, -0.05) is 18.2 Å². The van der Waals surface area contributed by atoms with Crippen LogP contribution in [0.3, 0.4) is 0 Å². The molecule has 1 fully saturated rings. The SMILES string of the molecule is Cc1cccc(NC(=O)C[NH+](C)CC(=O)N2CCN(c3cccc[nH+]3)CC2)c1C. The lowest BCUT2D eigenvalue weighted by Gasteiger charge is -2.31. The van der Waals surface area contributed by atoms with Crippen molar-refractivity contribution in [2.45, 2.75) is 13.8 Å². The molecule has 1 aliphatic rings. The summed E-state index contributed by atoms with van der Waals surface area (Å²) in [6.45, 7) is 7.61. The number of rotatable bonds is 6. The number of aromatic amines is 1. The second kappa shape index (κ2) is 9.52. The molecule has 0 spiro atoms. The summed E-state index contributed by atoms with van der Waals surface area (Å²) in [5, 5.41) is 2.96. The molecule has 7 heteroatoms. The Bertz CT molecular complexity index is 848. The van der Waals surface area contributed by atoms with Gasteiger partial charge in [-0.05, 0) is 37.1 Å². The van der Waals surface area contributed by atoms with Crippen LogP contribution in [0.4, 0.5) is 11.5 Å². The molecular weight excluding hydrogens is 366 g/mol. The number of aryl methyl sites for hydroxylation is 1. The highest BCUT2D eigenvalue weighted by Gasteiger charge is 2.27. The summed E-state index contributed by atoms with van der Waals surface area (Å²) in [4.78, 5) is 33.3. The number of hydrogen-bond donors (Lipinski definition) is 2. The van der Waals surface area contributed by atoms with E-state index in [1.807, 2.05) is 68.4 Å². The minimum Gasteiger partial charge on any atom is -0.330 e. The predicted octanol–water partition coefficient (Wildman–Crippen LogP) is -0.0805. The van der Waals surface area contributed by atoms with Crippen LogP contribution in [0.2, 0.25) is 0 Å². The van der Waals surface area contributed by atoms with Gasteiger partial charge in [0.2, 0.25) is 0 Å². The first-order chi connectivity index (χ1) is 13.9. The number of carbonyl (C=O) groups excluding carboxylic acids is 2. The zero-order valence-electron chi connectivity index (χ0n) is 17.5. The van der Waals surface area contributed by atoms with Gasteiger partial charge in [-0.15, -0.1) is 0 Å². The molecule has 3 N–H and O–H groups in total. The van der Waals surface area contributed by atoms with E-state index in [2.05, 4.69) is 15.2 Å². The maximum Gasteiger partial charge on any atom is 0.279 e. The van der Waals surface area contributed by atoms with Crippen molar-refractivity contribution in [2.24, 2.45) is 0 Å². The molecule has 1 unspecified atom stereocenters. The van der Waals surface area contributed by atoms with Crippen LogP contribution in [0.15, 0.2) is 42.6 Å². The molecule has 3 rings (SSSR count). The molecule has 2 amide bonds. The van der Waals surface area contributed by atoms with Crippen molar-refractivity contribution < 1.29 is 19.5 Å². The van der Waals surface area contributed by atoms with Gasteiger partial charge in [0.25, 0.3) is 17.6 Å². The van der Waals surface area contributed by atoms with E-state index in [0.29, 0.717) is 19.6 Å². The molecule has 7 nitrogen and oxygen atoms in total. The number of quaternary nitrogens is 1. The Morgan fingerprint density at radius 1 is 1.03 bits per heavy atom. The molecule has 154 valence electrons. The molecule has 1 aliphatic heterocycles. The Morgan fingerprint density at radius 3 is 2.48 bits per heavy atom. The fourth-order valence-corrected chi connectivity index (χ4v) is 3.56. The molecule has 1 atom stereocenters. The molecule has 0 radical (unpaired) electrons. The topological polar surface area (TPSA) is 71.2 Å². The maximum absolute atomic E-state index is 12.6. The minimum atomic E-state index is -0.0755. The predicted molar refractivity (Wildman–Crippen MR) is 113 cm³/mol. The fourth-order valence-electron chi connectivity index (χ4n) is 3.56. The Kier molecular flexibility index (Phi) is 6.82. The largest absolute Gasteiger partial charge is 0.330 e. The van der Waals surface area contributed by atoms with Crippen molar-refractivity contribution in [1.82, 2.24) is 4.90 Å². The van der Waals surface area contributed by atoms with Crippen LogP contribution in [0.25, 0.3) is 0 Å². The molecular formula is C22H31N5O2+2. The van der Waals surface area contributed by atoms with Crippen LogP contribution in [0.1, 0.15) is 11.1 Å². The molecule has 0 bridgehead atoms. The second-order valence-electron chi connectivity index (χ2n) is 7.72. The third-order valence-electron chi connectivity index (χ3n) is 5.46. The number of H-pyrrole nitrogens is 1. The number of carbonyl (C=O) groups is 2. The van der Waals surface area contributed by atoms with Gasteiger partial charge in [0.05, 0.1) is 26.3 Å². The smallest absolute Gasteiger partial charge is 0.279 e. The summed E-state index contributed by atoms with van der Waals surface area (Å²) in [5.74, 6) is 1.10. The molecule has 0 aliphatic carbocycles. The van der Waals surface area contributed by atoms with Gasteiger partial charge < -0.3 is 15.1 Å². The van der Waals surface area contributed by atoms with Crippen molar-refractivity contribution >= 4 is 23.3 Å². The van der Waals surface area contributed by atoms with Crippen LogP contribution < -0.4 is 20.1 Å². The highest BCUT2D eigenvalue weighted by molar-refractivity contribution is 5.92. The van der Waals surface area contributed by atoms with Crippen LogP contribution in [-0.4, -0.2) is 63.0 Å².